The van der Waals surface area contributed by atoms with E-state index in [0.717, 1.165) is 42.5 Å². The van der Waals surface area contributed by atoms with Gasteiger partial charge in [-0.1, -0.05) is 12.1 Å². The molecule has 0 saturated heterocycles. The fourth-order valence-electron chi connectivity index (χ4n) is 4.21. The number of nitrogens with one attached hydrogen (secondary N) is 1. The van der Waals surface area contributed by atoms with Crippen LogP contribution in [0.15, 0.2) is 61.3 Å². The van der Waals surface area contributed by atoms with E-state index in [1.54, 1.807) is 30.9 Å². The molecule has 0 unspecified atom stereocenters. The van der Waals surface area contributed by atoms with Crippen LogP contribution >= 0.6 is 0 Å². The zero-order chi connectivity index (χ0) is 20.8. The van der Waals surface area contributed by atoms with E-state index in [1.807, 2.05) is 18.3 Å². The highest BCUT2D eigenvalue weighted by Gasteiger charge is 2.25. The summed E-state index contributed by atoms with van der Waals surface area (Å²) in [7, 11) is 0. The van der Waals surface area contributed by atoms with Crippen LogP contribution in [0.25, 0.3) is 11.1 Å². The van der Waals surface area contributed by atoms with Gasteiger partial charge in [0.1, 0.15) is 12.1 Å². The van der Waals surface area contributed by atoms with Gasteiger partial charge in [-0.3, -0.25) is 9.78 Å². The Bertz CT molecular complexity index is 987. The van der Waals surface area contributed by atoms with Gasteiger partial charge in [-0.05, 0) is 67.0 Å². The molecule has 1 N–H and O–H groups in total. The number of carbonyl (C=O) groups is 1. The molecule has 0 aliphatic heterocycles. The number of halogens is 1. The van der Waals surface area contributed by atoms with Crippen molar-refractivity contribution in [1.82, 2.24) is 20.3 Å². The highest BCUT2D eigenvalue weighted by atomic mass is 19.1. The number of aromatic nitrogens is 3. The molecule has 1 amide bonds. The standard InChI is InChI=1S/C24H25FN4O/c25-21-3-1-2-18(12-21)13-23(30)28-14-17-4-6-20(7-5-17)24-22(15-27-16-29-24)19-8-10-26-11-9-19/h1-3,8-12,15-17,20H,4-7,13-14H2,(H,28,30). The van der Waals surface area contributed by atoms with E-state index in [9.17, 15) is 9.18 Å². The summed E-state index contributed by atoms with van der Waals surface area (Å²) in [6, 6.07) is 10.2. The number of nitrogens with zero attached hydrogens (tertiary/aromatic N) is 3. The lowest BCUT2D eigenvalue weighted by Gasteiger charge is -2.29. The van der Waals surface area contributed by atoms with Crippen molar-refractivity contribution in [3.05, 3.63) is 78.4 Å². The summed E-state index contributed by atoms with van der Waals surface area (Å²) in [6.07, 6.45) is 11.5. The molecule has 154 valence electrons. The summed E-state index contributed by atoms with van der Waals surface area (Å²) in [5.41, 5.74) is 3.97. The molecule has 3 aromatic rings. The fourth-order valence-corrected chi connectivity index (χ4v) is 4.21. The van der Waals surface area contributed by atoms with Gasteiger partial charge in [0, 0.05) is 36.6 Å². The predicted molar refractivity (Wildman–Crippen MR) is 113 cm³/mol. The van der Waals surface area contributed by atoms with Crippen LogP contribution in [0, 0.1) is 11.7 Å². The monoisotopic (exact) mass is 404 g/mol. The number of benzene rings is 1. The molecular weight excluding hydrogens is 379 g/mol. The Kier molecular flexibility index (Phi) is 6.42. The van der Waals surface area contributed by atoms with Crippen LogP contribution in [-0.4, -0.2) is 27.4 Å². The molecule has 1 aliphatic rings. The van der Waals surface area contributed by atoms with E-state index < -0.39 is 0 Å². The van der Waals surface area contributed by atoms with Gasteiger partial charge in [-0.25, -0.2) is 14.4 Å². The number of pyridine rings is 1. The molecule has 6 heteroatoms. The SMILES string of the molecule is O=C(Cc1cccc(F)c1)NCC1CCC(c2ncncc2-c2ccncc2)CC1. The molecule has 2 aromatic heterocycles. The summed E-state index contributed by atoms with van der Waals surface area (Å²) < 4.78 is 13.3. The highest BCUT2D eigenvalue weighted by Crippen LogP contribution is 2.38. The van der Waals surface area contributed by atoms with Crippen LogP contribution in [0.4, 0.5) is 4.39 Å². The Hall–Kier alpha value is -3.15. The lowest BCUT2D eigenvalue weighted by Crippen LogP contribution is -2.32. The van der Waals surface area contributed by atoms with Crippen molar-refractivity contribution in [3.63, 3.8) is 0 Å². The summed E-state index contributed by atoms with van der Waals surface area (Å²) in [4.78, 5) is 25.1. The molecule has 1 aromatic carbocycles. The Morgan fingerprint density at radius 2 is 1.87 bits per heavy atom. The Morgan fingerprint density at radius 3 is 2.63 bits per heavy atom. The van der Waals surface area contributed by atoms with Crippen LogP contribution < -0.4 is 5.32 Å². The molecule has 0 radical (unpaired) electrons. The first kappa shape index (κ1) is 20.1. The fraction of sp³-hybridized carbons (Fsp3) is 0.333. The predicted octanol–water partition coefficient (Wildman–Crippen LogP) is 4.31. The lowest BCUT2D eigenvalue weighted by atomic mass is 9.79. The maximum Gasteiger partial charge on any atom is 0.224 e. The molecule has 30 heavy (non-hydrogen) atoms. The van der Waals surface area contributed by atoms with Crippen LogP contribution in [0.1, 0.15) is 42.9 Å². The number of carbonyl (C=O) groups excluding carboxylic acids is 1. The maximum atomic E-state index is 13.3. The molecule has 4 rings (SSSR count). The number of rotatable bonds is 6. The quantitative estimate of drug-likeness (QED) is 0.665. The third-order valence-electron chi connectivity index (χ3n) is 5.81. The summed E-state index contributed by atoms with van der Waals surface area (Å²) in [6.45, 7) is 0.669. The minimum absolute atomic E-state index is 0.0569. The van der Waals surface area contributed by atoms with Gasteiger partial charge in [-0.15, -0.1) is 0 Å². The Balaban J connectivity index is 1.30. The van der Waals surface area contributed by atoms with E-state index in [-0.39, 0.29) is 18.1 Å². The highest BCUT2D eigenvalue weighted by molar-refractivity contribution is 5.78. The van der Waals surface area contributed by atoms with E-state index >= 15 is 0 Å². The summed E-state index contributed by atoms with van der Waals surface area (Å²) in [5.74, 6) is 0.493. The molecule has 2 heterocycles. The van der Waals surface area contributed by atoms with Crippen molar-refractivity contribution in [2.45, 2.75) is 38.0 Å². The second-order valence-electron chi connectivity index (χ2n) is 7.89. The molecule has 1 saturated carbocycles. The Labute approximate surface area is 175 Å². The number of amides is 1. The molecular formula is C24H25FN4O. The minimum Gasteiger partial charge on any atom is -0.356 e. The van der Waals surface area contributed by atoms with Crippen molar-refractivity contribution in [2.75, 3.05) is 6.54 Å². The van der Waals surface area contributed by atoms with Crippen molar-refractivity contribution in [3.8, 4) is 11.1 Å². The summed E-state index contributed by atoms with van der Waals surface area (Å²) in [5, 5.41) is 3.02. The molecule has 0 atom stereocenters. The smallest absolute Gasteiger partial charge is 0.224 e. The van der Waals surface area contributed by atoms with E-state index in [4.69, 9.17) is 0 Å². The van der Waals surface area contributed by atoms with E-state index in [1.165, 1.54) is 12.1 Å². The normalized spacial score (nSPS) is 18.7. The first-order valence-electron chi connectivity index (χ1n) is 10.4. The van der Waals surface area contributed by atoms with Crippen LogP contribution in [-0.2, 0) is 11.2 Å². The average Bonchev–Trinajstić information content (AvgIpc) is 2.79. The van der Waals surface area contributed by atoms with Gasteiger partial charge in [-0.2, -0.15) is 0 Å². The molecule has 0 spiro atoms. The van der Waals surface area contributed by atoms with Crippen molar-refractivity contribution >= 4 is 5.91 Å². The Morgan fingerprint density at radius 1 is 1.07 bits per heavy atom. The van der Waals surface area contributed by atoms with Gasteiger partial charge in [0.05, 0.1) is 12.1 Å². The second kappa shape index (κ2) is 9.57. The van der Waals surface area contributed by atoms with Crippen LogP contribution in [0.2, 0.25) is 0 Å². The molecule has 1 fully saturated rings. The van der Waals surface area contributed by atoms with Crippen molar-refractivity contribution in [1.29, 1.82) is 0 Å². The zero-order valence-electron chi connectivity index (χ0n) is 16.8. The molecule has 5 nitrogen and oxygen atoms in total. The van der Waals surface area contributed by atoms with Crippen molar-refractivity contribution < 1.29 is 9.18 Å². The largest absolute Gasteiger partial charge is 0.356 e. The van der Waals surface area contributed by atoms with E-state index in [0.29, 0.717) is 23.9 Å². The van der Waals surface area contributed by atoms with Crippen LogP contribution in [0.3, 0.4) is 0 Å². The third-order valence-corrected chi connectivity index (χ3v) is 5.81. The second-order valence-corrected chi connectivity index (χ2v) is 7.89. The maximum absolute atomic E-state index is 13.3. The van der Waals surface area contributed by atoms with Gasteiger partial charge in [0.15, 0.2) is 0 Å². The van der Waals surface area contributed by atoms with Gasteiger partial charge >= 0.3 is 0 Å². The topological polar surface area (TPSA) is 67.8 Å². The average molecular weight is 404 g/mol. The van der Waals surface area contributed by atoms with Gasteiger partial charge in [0.2, 0.25) is 5.91 Å². The summed E-state index contributed by atoms with van der Waals surface area (Å²) >= 11 is 0. The third kappa shape index (κ3) is 5.06. The first-order chi connectivity index (χ1) is 14.7. The van der Waals surface area contributed by atoms with Crippen LogP contribution in [0.5, 0.6) is 0 Å². The lowest BCUT2D eigenvalue weighted by molar-refractivity contribution is -0.120. The number of hydrogen-bond acceptors (Lipinski definition) is 4. The zero-order valence-corrected chi connectivity index (χ0v) is 16.8. The number of hydrogen-bond donors (Lipinski definition) is 1. The molecule has 1 aliphatic carbocycles. The van der Waals surface area contributed by atoms with E-state index in [2.05, 4.69) is 20.3 Å². The van der Waals surface area contributed by atoms with Crippen molar-refractivity contribution in [2.24, 2.45) is 5.92 Å². The minimum atomic E-state index is -0.311. The molecule has 0 bridgehead atoms. The van der Waals surface area contributed by atoms with Gasteiger partial charge < -0.3 is 5.32 Å². The first-order valence-corrected chi connectivity index (χ1v) is 10.4. The van der Waals surface area contributed by atoms with Gasteiger partial charge in [0.25, 0.3) is 0 Å².